The number of aryl methyl sites for hydroxylation is 1. The molecule has 7 heteroatoms. The molecule has 2 rings (SSSR count). The first-order valence-electron chi connectivity index (χ1n) is 6.89. The van der Waals surface area contributed by atoms with Crippen molar-refractivity contribution in [3.8, 4) is 0 Å². The van der Waals surface area contributed by atoms with Crippen molar-refractivity contribution >= 4 is 28.6 Å². The number of nitrogens with one attached hydrogen (secondary N) is 1. The monoisotopic (exact) mass is 326 g/mol. The number of unbranched alkanes of at least 4 members (excludes halogenated alkanes) is 1. The fraction of sp³-hybridized carbons (Fsp3) is 0.500. The molecule has 0 atom stereocenters. The molecule has 2 aromatic rings. The Bertz CT molecular complexity index is 651. The fourth-order valence-corrected chi connectivity index (χ4v) is 2.85. The summed E-state index contributed by atoms with van der Waals surface area (Å²) in [6.07, 6.45) is 5.27. The lowest BCUT2D eigenvalue weighted by molar-refractivity contribution is 0.540. The lowest BCUT2D eigenvalue weighted by Gasteiger charge is -2.25. The van der Waals surface area contributed by atoms with Crippen molar-refractivity contribution in [2.75, 3.05) is 5.32 Å². The lowest BCUT2D eigenvalue weighted by atomic mass is 10.1. The number of rotatable bonds is 6. The van der Waals surface area contributed by atoms with E-state index in [1.807, 2.05) is 19.2 Å². The van der Waals surface area contributed by atoms with Crippen molar-refractivity contribution in [1.82, 2.24) is 14.8 Å². The zero-order valence-corrected chi connectivity index (χ0v) is 14.0. The van der Waals surface area contributed by atoms with E-state index >= 15 is 0 Å². The molecule has 0 spiro atoms. The zero-order chi connectivity index (χ0) is 15.5. The summed E-state index contributed by atoms with van der Waals surface area (Å²) in [6.45, 7) is 6.64. The van der Waals surface area contributed by atoms with Crippen molar-refractivity contribution in [3.05, 3.63) is 38.2 Å². The average Bonchev–Trinajstić information content (AvgIpc) is 2.98. The second-order valence-electron chi connectivity index (χ2n) is 5.34. The predicted molar refractivity (Wildman–Crippen MR) is 87.2 cm³/mol. The van der Waals surface area contributed by atoms with Gasteiger partial charge in [-0.15, -0.1) is 11.3 Å². The molecule has 0 saturated carbocycles. The van der Waals surface area contributed by atoms with Gasteiger partial charge in [0.2, 0.25) is 0 Å². The van der Waals surface area contributed by atoms with Gasteiger partial charge in [-0.2, -0.15) is 5.10 Å². The van der Waals surface area contributed by atoms with Crippen LogP contribution in [0.3, 0.4) is 0 Å². The topological polar surface area (TPSA) is 59.8 Å². The van der Waals surface area contributed by atoms with Gasteiger partial charge >= 0.3 is 0 Å². The van der Waals surface area contributed by atoms with Crippen LogP contribution in [0.15, 0.2) is 22.6 Å². The standard InChI is InChI=1S/C14H19ClN4OS/c1-4-5-7-19-12(20)11(15)10(9-17-19)18-14(2,3)13-16-6-8-21-13/h6,8-9,18H,4-5,7H2,1-3H3. The highest BCUT2D eigenvalue weighted by molar-refractivity contribution is 7.09. The molecule has 0 aliphatic heterocycles. The van der Waals surface area contributed by atoms with Crippen molar-refractivity contribution < 1.29 is 0 Å². The van der Waals surface area contributed by atoms with Gasteiger partial charge in [-0.3, -0.25) is 4.79 Å². The van der Waals surface area contributed by atoms with Gasteiger partial charge in [0.05, 0.1) is 17.4 Å². The normalized spacial score (nSPS) is 11.6. The largest absolute Gasteiger partial charge is 0.371 e. The lowest BCUT2D eigenvalue weighted by Crippen LogP contribution is -2.31. The van der Waals surface area contributed by atoms with E-state index in [0.717, 1.165) is 17.8 Å². The van der Waals surface area contributed by atoms with Crippen molar-refractivity contribution in [3.63, 3.8) is 0 Å². The van der Waals surface area contributed by atoms with Crippen LogP contribution in [-0.2, 0) is 12.1 Å². The third-order valence-corrected chi connectivity index (χ3v) is 4.58. The Morgan fingerprint density at radius 2 is 2.24 bits per heavy atom. The Kier molecular flexibility index (Phi) is 5.00. The van der Waals surface area contributed by atoms with E-state index in [0.29, 0.717) is 12.2 Å². The molecule has 2 aromatic heterocycles. The molecule has 2 heterocycles. The Morgan fingerprint density at radius 1 is 1.48 bits per heavy atom. The van der Waals surface area contributed by atoms with Gasteiger partial charge in [0.1, 0.15) is 10.0 Å². The van der Waals surface area contributed by atoms with E-state index in [4.69, 9.17) is 11.6 Å². The summed E-state index contributed by atoms with van der Waals surface area (Å²) in [7, 11) is 0. The maximum Gasteiger partial charge on any atom is 0.287 e. The summed E-state index contributed by atoms with van der Waals surface area (Å²) in [5, 5.41) is 10.5. The quantitative estimate of drug-likeness (QED) is 0.882. The van der Waals surface area contributed by atoms with Gasteiger partial charge in [-0.05, 0) is 20.3 Å². The number of nitrogens with zero attached hydrogens (tertiary/aromatic N) is 3. The summed E-state index contributed by atoms with van der Waals surface area (Å²) in [5.41, 5.74) is -0.138. The van der Waals surface area contributed by atoms with Gasteiger partial charge < -0.3 is 5.32 Å². The van der Waals surface area contributed by atoms with Crippen LogP contribution in [0.1, 0.15) is 38.6 Å². The van der Waals surface area contributed by atoms with Crippen molar-refractivity contribution in [2.45, 2.75) is 45.7 Å². The first-order valence-corrected chi connectivity index (χ1v) is 8.15. The first kappa shape index (κ1) is 16.0. The maximum atomic E-state index is 12.2. The van der Waals surface area contributed by atoms with E-state index in [1.165, 1.54) is 4.68 Å². The zero-order valence-electron chi connectivity index (χ0n) is 12.4. The van der Waals surface area contributed by atoms with E-state index in [-0.39, 0.29) is 10.6 Å². The second kappa shape index (κ2) is 6.58. The highest BCUT2D eigenvalue weighted by atomic mass is 35.5. The summed E-state index contributed by atoms with van der Waals surface area (Å²) < 4.78 is 1.41. The minimum Gasteiger partial charge on any atom is -0.371 e. The third kappa shape index (κ3) is 3.63. The van der Waals surface area contributed by atoms with E-state index in [2.05, 4.69) is 22.3 Å². The van der Waals surface area contributed by atoms with Crippen LogP contribution < -0.4 is 10.9 Å². The number of hydrogen-bond acceptors (Lipinski definition) is 5. The molecule has 21 heavy (non-hydrogen) atoms. The average molecular weight is 327 g/mol. The molecule has 114 valence electrons. The molecule has 0 unspecified atom stereocenters. The molecule has 0 saturated heterocycles. The molecular weight excluding hydrogens is 308 g/mol. The number of halogens is 1. The van der Waals surface area contributed by atoms with Crippen LogP contribution in [0, 0.1) is 0 Å². The molecule has 0 amide bonds. The Morgan fingerprint density at radius 3 is 2.86 bits per heavy atom. The summed E-state index contributed by atoms with van der Waals surface area (Å²) in [6, 6.07) is 0. The van der Waals surface area contributed by atoms with Crippen LogP contribution in [0.5, 0.6) is 0 Å². The van der Waals surface area contributed by atoms with E-state index in [9.17, 15) is 4.79 Å². The molecule has 0 radical (unpaired) electrons. The Balaban J connectivity index is 2.25. The molecule has 5 nitrogen and oxygen atoms in total. The van der Waals surface area contributed by atoms with E-state index in [1.54, 1.807) is 23.7 Å². The maximum absolute atomic E-state index is 12.2. The first-order chi connectivity index (χ1) is 9.95. The molecular formula is C14H19ClN4OS. The van der Waals surface area contributed by atoms with Crippen LogP contribution in [0.4, 0.5) is 5.69 Å². The number of hydrogen-bond donors (Lipinski definition) is 1. The highest BCUT2D eigenvalue weighted by Gasteiger charge is 2.25. The summed E-state index contributed by atoms with van der Waals surface area (Å²) >= 11 is 7.74. The smallest absolute Gasteiger partial charge is 0.287 e. The highest BCUT2D eigenvalue weighted by Crippen LogP contribution is 2.28. The second-order valence-corrected chi connectivity index (χ2v) is 6.61. The SMILES string of the molecule is CCCCn1ncc(NC(C)(C)c2nccs2)c(Cl)c1=O. The molecule has 0 aliphatic rings. The van der Waals surface area contributed by atoms with E-state index < -0.39 is 5.54 Å². The van der Waals surface area contributed by atoms with Crippen molar-refractivity contribution in [1.29, 1.82) is 0 Å². The Labute approximate surface area is 133 Å². The molecule has 0 aromatic carbocycles. The van der Waals surface area contributed by atoms with Gasteiger partial charge in [0.25, 0.3) is 5.56 Å². The summed E-state index contributed by atoms with van der Waals surface area (Å²) in [5.74, 6) is 0. The minimum atomic E-state index is -0.415. The number of aromatic nitrogens is 3. The third-order valence-electron chi connectivity index (χ3n) is 3.12. The Hall–Kier alpha value is -1.40. The van der Waals surface area contributed by atoms with Crippen molar-refractivity contribution in [2.24, 2.45) is 0 Å². The van der Waals surface area contributed by atoms with Crippen LogP contribution in [-0.4, -0.2) is 14.8 Å². The van der Waals surface area contributed by atoms with Crippen LogP contribution in [0.25, 0.3) is 0 Å². The minimum absolute atomic E-state index is 0.172. The van der Waals surface area contributed by atoms with Gasteiger partial charge in [-0.25, -0.2) is 9.67 Å². The summed E-state index contributed by atoms with van der Waals surface area (Å²) in [4.78, 5) is 16.5. The van der Waals surface area contributed by atoms with Crippen LogP contribution in [0.2, 0.25) is 5.02 Å². The number of anilines is 1. The molecule has 1 N–H and O–H groups in total. The van der Waals surface area contributed by atoms with Gasteiger partial charge in [0.15, 0.2) is 0 Å². The molecule has 0 fully saturated rings. The fourth-order valence-electron chi connectivity index (χ4n) is 1.94. The molecule has 0 bridgehead atoms. The predicted octanol–water partition coefficient (Wildman–Crippen LogP) is 3.50. The molecule has 0 aliphatic carbocycles. The van der Waals surface area contributed by atoms with Gasteiger partial charge in [0, 0.05) is 18.1 Å². The van der Waals surface area contributed by atoms with Crippen LogP contribution >= 0.6 is 22.9 Å². The number of thiazole rings is 1. The van der Waals surface area contributed by atoms with Gasteiger partial charge in [-0.1, -0.05) is 24.9 Å².